The fourth-order valence-corrected chi connectivity index (χ4v) is 2.63. The number of rotatable bonds is 8. The van der Waals surface area contributed by atoms with Gasteiger partial charge < -0.3 is 15.0 Å². The molecule has 0 amide bonds. The van der Waals surface area contributed by atoms with Crippen LogP contribution in [0.15, 0.2) is 18.2 Å². The highest BCUT2D eigenvalue weighted by atomic mass is 16.5. The molecule has 0 aliphatic heterocycles. The van der Waals surface area contributed by atoms with Gasteiger partial charge in [-0.3, -0.25) is 0 Å². The third-order valence-electron chi connectivity index (χ3n) is 4.45. The Bertz CT molecular complexity index is 429. The number of benzene rings is 1. The number of ether oxygens (including phenoxy) is 1. The van der Waals surface area contributed by atoms with E-state index in [1.165, 1.54) is 29.7 Å². The first-order valence-electron chi connectivity index (χ1n) is 7.65. The van der Waals surface area contributed by atoms with E-state index in [9.17, 15) is 0 Å². The highest BCUT2D eigenvalue weighted by molar-refractivity contribution is 5.51. The average molecular weight is 276 g/mol. The van der Waals surface area contributed by atoms with E-state index < -0.39 is 0 Å². The van der Waals surface area contributed by atoms with Crippen molar-refractivity contribution in [3.8, 4) is 0 Å². The molecular weight excluding hydrogens is 248 g/mol. The van der Waals surface area contributed by atoms with Crippen molar-refractivity contribution in [2.24, 2.45) is 5.92 Å². The number of anilines is 1. The Balaban J connectivity index is 1.94. The van der Waals surface area contributed by atoms with E-state index in [1.54, 1.807) is 7.11 Å². The minimum absolute atomic E-state index is 0.653. The fraction of sp³-hybridized carbons (Fsp3) is 0.647. The summed E-state index contributed by atoms with van der Waals surface area (Å²) in [5, 5.41) is 3.40. The first kappa shape index (κ1) is 15.3. The molecule has 0 heterocycles. The maximum absolute atomic E-state index is 5.05. The lowest BCUT2D eigenvalue weighted by Crippen LogP contribution is -2.30. The maximum atomic E-state index is 5.05. The van der Waals surface area contributed by atoms with Crippen LogP contribution in [-0.2, 0) is 11.3 Å². The van der Waals surface area contributed by atoms with Gasteiger partial charge in [-0.1, -0.05) is 6.07 Å². The van der Waals surface area contributed by atoms with E-state index in [2.05, 4.69) is 49.3 Å². The molecule has 1 saturated carbocycles. The predicted molar refractivity (Wildman–Crippen MR) is 85.4 cm³/mol. The van der Waals surface area contributed by atoms with Gasteiger partial charge in [-0.2, -0.15) is 0 Å². The second-order valence-electron chi connectivity index (χ2n) is 5.97. The molecule has 0 spiro atoms. The molecule has 0 aromatic heterocycles. The van der Waals surface area contributed by atoms with Crippen LogP contribution in [-0.4, -0.2) is 33.4 Å². The van der Waals surface area contributed by atoms with Gasteiger partial charge in [0.25, 0.3) is 0 Å². The van der Waals surface area contributed by atoms with Crippen molar-refractivity contribution in [2.45, 2.75) is 39.3 Å². The van der Waals surface area contributed by atoms with E-state index in [1.807, 2.05) is 0 Å². The molecule has 20 heavy (non-hydrogen) atoms. The second kappa shape index (κ2) is 7.09. The lowest BCUT2D eigenvalue weighted by Gasteiger charge is -2.27. The number of hydrogen-bond donors (Lipinski definition) is 1. The van der Waals surface area contributed by atoms with E-state index in [-0.39, 0.29) is 0 Å². The Morgan fingerprint density at radius 1 is 1.40 bits per heavy atom. The summed E-state index contributed by atoms with van der Waals surface area (Å²) in [5.41, 5.74) is 4.07. The van der Waals surface area contributed by atoms with Crippen LogP contribution in [0.5, 0.6) is 0 Å². The average Bonchev–Trinajstić information content (AvgIpc) is 3.28. The summed E-state index contributed by atoms with van der Waals surface area (Å²) in [4.78, 5) is 2.42. The summed E-state index contributed by atoms with van der Waals surface area (Å²) in [5.74, 6) is 0.899. The zero-order chi connectivity index (χ0) is 14.5. The topological polar surface area (TPSA) is 24.5 Å². The standard InChI is InChI=1S/C17H28N2O/c1-13-11-17(19(3)14(2)15-5-6-15)8-7-16(13)12-18-9-10-20-4/h7-8,11,14-15,18H,5-6,9-10,12H2,1-4H3. The quantitative estimate of drug-likeness (QED) is 0.739. The number of methoxy groups -OCH3 is 1. The van der Waals surface area contributed by atoms with Gasteiger partial charge in [0.1, 0.15) is 0 Å². The zero-order valence-electron chi connectivity index (χ0n) is 13.3. The summed E-state index contributed by atoms with van der Waals surface area (Å²) in [6, 6.07) is 7.46. The Morgan fingerprint density at radius 3 is 2.75 bits per heavy atom. The molecule has 1 aromatic rings. The molecule has 1 atom stereocenters. The van der Waals surface area contributed by atoms with E-state index in [0.717, 1.165) is 25.6 Å². The highest BCUT2D eigenvalue weighted by Crippen LogP contribution is 2.36. The fourth-order valence-electron chi connectivity index (χ4n) is 2.63. The lowest BCUT2D eigenvalue weighted by molar-refractivity contribution is 0.199. The first-order valence-corrected chi connectivity index (χ1v) is 7.65. The Kier molecular flexibility index (Phi) is 5.44. The third kappa shape index (κ3) is 3.97. The van der Waals surface area contributed by atoms with Crippen LogP contribution >= 0.6 is 0 Å². The minimum atomic E-state index is 0.653. The van der Waals surface area contributed by atoms with Crippen LogP contribution in [0, 0.1) is 12.8 Å². The molecule has 3 heteroatoms. The van der Waals surface area contributed by atoms with Gasteiger partial charge in [-0.15, -0.1) is 0 Å². The van der Waals surface area contributed by atoms with Crippen LogP contribution in [0.1, 0.15) is 30.9 Å². The zero-order valence-corrected chi connectivity index (χ0v) is 13.3. The minimum Gasteiger partial charge on any atom is -0.383 e. The molecule has 1 aliphatic rings. The molecule has 1 fully saturated rings. The van der Waals surface area contributed by atoms with Crippen molar-refractivity contribution in [3.63, 3.8) is 0 Å². The molecule has 1 unspecified atom stereocenters. The largest absolute Gasteiger partial charge is 0.383 e. The summed E-state index contributed by atoms with van der Waals surface area (Å²) >= 11 is 0. The molecule has 0 radical (unpaired) electrons. The monoisotopic (exact) mass is 276 g/mol. The normalized spacial score (nSPS) is 16.2. The molecule has 2 rings (SSSR count). The lowest BCUT2D eigenvalue weighted by atomic mass is 10.1. The second-order valence-corrected chi connectivity index (χ2v) is 5.97. The number of hydrogen-bond acceptors (Lipinski definition) is 3. The van der Waals surface area contributed by atoms with Crippen LogP contribution in [0.2, 0.25) is 0 Å². The summed E-state index contributed by atoms with van der Waals surface area (Å²) in [6.45, 7) is 7.12. The van der Waals surface area contributed by atoms with Gasteiger partial charge in [0, 0.05) is 39.0 Å². The Morgan fingerprint density at radius 2 is 2.15 bits per heavy atom. The van der Waals surface area contributed by atoms with Crippen molar-refractivity contribution in [2.75, 3.05) is 32.2 Å². The van der Waals surface area contributed by atoms with Crippen molar-refractivity contribution >= 4 is 5.69 Å². The third-order valence-corrected chi connectivity index (χ3v) is 4.45. The van der Waals surface area contributed by atoms with E-state index in [0.29, 0.717) is 6.04 Å². The summed E-state index contributed by atoms with van der Waals surface area (Å²) in [6.07, 6.45) is 2.79. The Hall–Kier alpha value is -1.06. The maximum Gasteiger partial charge on any atom is 0.0587 e. The first-order chi connectivity index (χ1) is 9.63. The van der Waals surface area contributed by atoms with Crippen LogP contribution < -0.4 is 10.2 Å². The highest BCUT2D eigenvalue weighted by Gasteiger charge is 2.30. The molecule has 1 N–H and O–H groups in total. The number of aryl methyl sites for hydroxylation is 1. The number of nitrogens with zero attached hydrogens (tertiary/aromatic N) is 1. The molecule has 0 saturated heterocycles. The van der Waals surface area contributed by atoms with Crippen molar-refractivity contribution in [1.29, 1.82) is 0 Å². The van der Waals surface area contributed by atoms with Crippen molar-refractivity contribution < 1.29 is 4.74 Å². The molecule has 1 aliphatic carbocycles. The summed E-state index contributed by atoms with van der Waals surface area (Å²) in [7, 11) is 3.95. The number of nitrogens with one attached hydrogen (secondary N) is 1. The smallest absolute Gasteiger partial charge is 0.0587 e. The molecule has 3 nitrogen and oxygen atoms in total. The Labute approximate surface area is 123 Å². The van der Waals surface area contributed by atoms with Crippen LogP contribution in [0.4, 0.5) is 5.69 Å². The predicted octanol–water partition coefficient (Wildman–Crippen LogP) is 2.97. The van der Waals surface area contributed by atoms with Gasteiger partial charge in [-0.25, -0.2) is 0 Å². The van der Waals surface area contributed by atoms with Gasteiger partial charge in [0.2, 0.25) is 0 Å². The molecule has 1 aromatic carbocycles. The molecule has 112 valence electrons. The van der Waals surface area contributed by atoms with E-state index in [4.69, 9.17) is 4.74 Å². The van der Waals surface area contributed by atoms with E-state index >= 15 is 0 Å². The molecular formula is C17H28N2O. The van der Waals surface area contributed by atoms with Gasteiger partial charge >= 0.3 is 0 Å². The molecule has 0 bridgehead atoms. The van der Waals surface area contributed by atoms with Gasteiger partial charge in [0.05, 0.1) is 6.61 Å². The SMILES string of the molecule is COCCNCc1ccc(N(C)C(C)C2CC2)cc1C. The van der Waals surface area contributed by atoms with Gasteiger partial charge in [-0.05, 0) is 55.9 Å². The van der Waals surface area contributed by atoms with Crippen LogP contribution in [0.25, 0.3) is 0 Å². The van der Waals surface area contributed by atoms with Crippen molar-refractivity contribution in [1.82, 2.24) is 5.32 Å². The van der Waals surface area contributed by atoms with Gasteiger partial charge in [0.15, 0.2) is 0 Å². The van der Waals surface area contributed by atoms with Crippen molar-refractivity contribution in [3.05, 3.63) is 29.3 Å². The summed E-state index contributed by atoms with van der Waals surface area (Å²) < 4.78 is 5.05. The van der Waals surface area contributed by atoms with Crippen LogP contribution in [0.3, 0.4) is 0 Å².